The first kappa shape index (κ1) is 13.0. The van der Waals surface area contributed by atoms with Crippen molar-refractivity contribution in [2.75, 3.05) is 6.61 Å². The monoisotopic (exact) mass is 228 g/mol. The van der Waals surface area contributed by atoms with Crippen LogP contribution < -0.4 is 0 Å². The van der Waals surface area contributed by atoms with E-state index in [-0.39, 0.29) is 18.4 Å². The molecule has 0 spiro atoms. The molecular formula is C12H20O4. The van der Waals surface area contributed by atoms with Crippen molar-refractivity contribution < 1.29 is 19.1 Å². The molecule has 0 radical (unpaired) electrons. The quantitative estimate of drug-likeness (QED) is 0.692. The van der Waals surface area contributed by atoms with Crippen molar-refractivity contribution in [2.24, 2.45) is 0 Å². The SMILES string of the molecule is CCOC(=O)CC1(OC(C)=O)CCCCC1. The van der Waals surface area contributed by atoms with Gasteiger partial charge in [0.05, 0.1) is 13.0 Å². The van der Waals surface area contributed by atoms with Crippen LogP contribution in [0.2, 0.25) is 0 Å². The first-order chi connectivity index (χ1) is 7.58. The van der Waals surface area contributed by atoms with Gasteiger partial charge in [0.1, 0.15) is 5.60 Å². The third-order valence-electron chi connectivity index (χ3n) is 2.90. The number of carbonyl (C=O) groups is 2. The van der Waals surface area contributed by atoms with Crippen LogP contribution in [0.25, 0.3) is 0 Å². The Labute approximate surface area is 96.3 Å². The number of ether oxygens (including phenoxy) is 2. The molecule has 1 saturated carbocycles. The van der Waals surface area contributed by atoms with E-state index < -0.39 is 5.60 Å². The molecule has 0 N–H and O–H groups in total. The summed E-state index contributed by atoms with van der Waals surface area (Å²) in [5.74, 6) is -0.586. The minimum absolute atomic E-state index is 0.195. The van der Waals surface area contributed by atoms with Gasteiger partial charge < -0.3 is 9.47 Å². The van der Waals surface area contributed by atoms with E-state index in [2.05, 4.69) is 0 Å². The molecule has 0 heterocycles. The van der Waals surface area contributed by atoms with Crippen LogP contribution in [0.1, 0.15) is 52.4 Å². The Morgan fingerprint density at radius 1 is 1.19 bits per heavy atom. The van der Waals surface area contributed by atoms with Crippen LogP contribution in [0, 0.1) is 0 Å². The highest BCUT2D eigenvalue weighted by atomic mass is 16.6. The molecule has 0 amide bonds. The molecule has 92 valence electrons. The number of esters is 2. The number of rotatable bonds is 4. The summed E-state index contributed by atoms with van der Waals surface area (Å²) in [5.41, 5.74) is -0.601. The second-order valence-electron chi connectivity index (χ2n) is 4.32. The van der Waals surface area contributed by atoms with Crippen LogP contribution in [0.4, 0.5) is 0 Å². The number of hydrogen-bond donors (Lipinski definition) is 0. The average Bonchev–Trinajstić information content (AvgIpc) is 2.17. The minimum atomic E-state index is -0.601. The fourth-order valence-electron chi connectivity index (χ4n) is 2.29. The Balaban J connectivity index is 2.62. The molecule has 0 aromatic rings. The van der Waals surface area contributed by atoms with Gasteiger partial charge in [0.15, 0.2) is 0 Å². The van der Waals surface area contributed by atoms with Gasteiger partial charge in [0.2, 0.25) is 0 Å². The summed E-state index contributed by atoms with van der Waals surface area (Å²) in [4.78, 5) is 22.6. The van der Waals surface area contributed by atoms with E-state index in [4.69, 9.17) is 9.47 Å². The van der Waals surface area contributed by atoms with Crippen LogP contribution in [-0.4, -0.2) is 24.1 Å². The maximum atomic E-state index is 11.5. The van der Waals surface area contributed by atoms with E-state index in [9.17, 15) is 9.59 Å². The number of carbonyl (C=O) groups excluding carboxylic acids is 2. The molecule has 0 unspecified atom stereocenters. The van der Waals surface area contributed by atoms with E-state index >= 15 is 0 Å². The van der Waals surface area contributed by atoms with Crippen molar-refractivity contribution in [3.05, 3.63) is 0 Å². The molecule has 0 aromatic heterocycles. The molecule has 4 heteroatoms. The standard InChI is InChI=1S/C12H20O4/c1-3-15-11(14)9-12(16-10(2)13)7-5-4-6-8-12/h3-9H2,1-2H3. The van der Waals surface area contributed by atoms with Gasteiger partial charge in [-0.3, -0.25) is 9.59 Å². The van der Waals surface area contributed by atoms with Crippen LogP contribution in [0.15, 0.2) is 0 Å². The summed E-state index contributed by atoms with van der Waals surface area (Å²) in [7, 11) is 0. The largest absolute Gasteiger partial charge is 0.466 e. The van der Waals surface area contributed by atoms with E-state index in [1.165, 1.54) is 6.92 Å². The highest BCUT2D eigenvalue weighted by Gasteiger charge is 2.37. The maximum absolute atomic E-state index is 11.5. The fraction of sp³-hybridized carbons (Fsp3) is 0.833. The zero-order valence-corrected chi connectivity index (χ0v) is 10.1. The summed E-state index contributed by atoms with van der Waals surface area (Å²) < 4.78 is 10.3. The lowest BCUT2D eigenvalue weighted by atomic mass is 9.82. The van der Waals surface area contributed by atoms with E-state index in [1.54, 1.807) is 6.92 Å². The summed E-state index contributed by atoms with van der Waals surface area (Å²) in [5, 5.41) is 0. The van der Waals surface area contributed by atoms with Gasteiger partial charge in [0.25, 0.3) is 0 Å². The van der Waals surface area contributed by atoms with Crippen molar-refractivity contribution in [3.63, 3.8) is 0 Å². The molecule has 4 nitrogen and oxygen atoms in total. The molecule has 0 aromatic carbocycles. The van der Waals surface area contributed by atoms with Crippen molar-refractivity contribution in [1.29, 1.82) is 0 Å². The molecule has 1 aliphatic rings. The third kappa shape index (κ3) is 3.83. The van der Waals surface area contributed by atoms with Crippen molar-refractivity contribution in [3.8, 4) is 0 Å². The smallest absolute Gasteiger partial charge is 0.309 e. The molecule has 0 bridgehead atoms. The first-order valence-corrected chi connectivity index (χ1v) is 5.93. The lowest BCUT2D eigenvalue weighted by Crippen LogP contribution is -2.39. The van der Waals surface area contributed by atoms with Gasteiger partial charge in [-0.15, -0.1) is 0 Å². The van der Waals surface area contributed by atoms with Crippen molar-refractivity contribution in [2.45, 2.75) is 58.0 Å². The molecule has 1 fully saturated rings. The van der Waals surface area contributed by atoms with E-state index in [0.717, 1.165) is 32.1 Å². The molecule has 1 aliphatic carbocycles. The highest BCUT2D eigenvalue weighted by Crippen LogP contribution is 2.35. The summed E-state index contributed by atoms with van der Waals surface area (Å²) in [6.07, 6.45) is 4.89. The Morgan fingerprint density at radius 3 is 2.31 bits per heavy atom. The molecule has 16 heavy (non-hydrogen) atoms. The summed E-state index contributed by atoms with van der Waals surface area (Å²) in [6.45, 7) is 3.54. The Morgan fingerprint density at radius 2 is 1.81 bits per heavy atom. The lowest BCUT2D eigenvalue weighted by Gasteiger charge is -2.35. The van der Waals surface area contributed by atoms with Gasteiger partial charge in [0, 0.05) is 6.92 Å². The second kappa shape index (κ2) is 5.87. The Bertz CT molecular complexity index is 254. The average molecular weight is 228 g/mol. The van der Waals surface area contributed by atoms with Crippen molar-refractivity contribution in [1.82, 2.24) is 0 Å². The topological polar surface area (TPSA) is 52.6 Å². The maximum Gasteiger partial charge on any atom is 0.309 e. The zero-order valence-electron chi connectivity index (χ0n) is 10.1. The van der Waals surface area contributed by atoms with Gasteiger partial charge in [-0.05, 0) is 32.6 Å². The molecule has 0 saturated heterocycles. The summed E-state index contributed by atoms with van der Waals surface area (Å²) >= 11 is 0. The molecule has 1 rings (SSSR count). The Kier molecular flexibility index (Phi) is 4.77. The van der Waals surface area contributed by atoms with Gasteiger partial charge in [-0.25, -0.2) is 0 Å². The molecule has 0 aliphatic heterocycles. The van der Waals surface area contributed by atoms with Gasteiger partial charge >= 0.3 is 11.9 Å². The van der Waals surface area contributed by atoms with Gasteiger partial charge in [-0.2, -0.15) is 0 Å². The Hall–Kier alpha value is -1.06. The predicted octanol–water partition coefficient (Wildman–Crippen LogP) is 2.21. The molecular weight excluding hydrogens is 208 g/mol. The van der Waals surface area contributed by atoms with Crippen LogP contribution in [-0.2, 0) is 19.1 Å². The predicted molar refractivity (Wildman–Crippen MR) is 58.8 cm³/mol. The second-order valence-corrected chi connectivity index (χ2v) is 4.32. The minimum Gasteiger partial charge on any atom is -0.466 e. The molecule has 0 atom stereocenters. The number of hydrogen-bond acceptors (Lipinski definition) is 4. The highest BCUT2D eigenvalue weighted by molar-refractivity contribution is 5.72. The summed E-state index contributed by atoms with van der Waals surface area (Å²) in [6, 6.07) is 0. The van der Waals surface area contributed by atoms with Crippen LogP contribution >= 0.6 is 0 Å². The van der Waals surface area contributed by atoms with E-state index in [0.29, 0.717) is 6.61 Å². The van der Waals surface area contributed by atoms with Crippen LogP contribution in [0.5, 0.6) is 0 Å². The van der Waals surface area contributed by atoms with Crippen LogP contribution in [0.3, 0.4) is 0 Å². The lowest BCUT2D eigenvalue weighted by molar-refractivity contribution is -0.168. The van der Waals surface area contributed by atoms with Crippen molar-refractivity contribution >= 4 is 11.9 Å². The zero-order chi connectivity index (χ0) is 12.0. The fourth-order valence-corrected chi connectivity index (χ4v) is 2.29. The van der Waals surface area contributed by atoms with Gasteiger partial charge in [-0.1, -0.05) is 6.42 Å². The first-order valence-electron chi connectivity index (χ1n) is 5.93. The third-order valence-corrected chi connectivity index (χ3v) is 2.90. The van der Waals surface area contributed by atoms with E-state index in [1.807, 2.05) is 0 Å². The normalized spacial score (nSPS) is 18.9.